The minimum atomic E-state index is -0.0878. The Kier molecular flexibility index (Phi) is 6.49. The molecule has 0 bridgehead atoms. The lowest BCUT2D eigenvalue weighted by Crippen LogP contribution is -2.72. The molecule has 23 heavy (non-hydrogen) atoms. The van der Waals surface area contributed by atoms with Crippen molar-refractivity contribution in [2.45, 2.75) is 39.8 Å². The van der Waals surface area contributed by atoms with Gasteiger partial charge in [0.05, 0.1) is 19.4 Å². The van der Waals surface area contributed by atoms with Gasteiger partial charge in [-0.25, -0.2) is 0 Å². The second-order valence-corrected chi connectivity index (χ2v) is 6.79. The van der Waals surface area contributed by atoms with Crippen molar-refractivity contribution in [3.8, 4) is 0 Å². The van der Waals surface area contributed by atoms with Crippen LogP contribution >= 0.6 is 24.0 Å². The van der Waals surface area contributed by atoms with Crippen LogP contribution in [0.1, 0.15) is 33.5 Å². The molecule has 1 amide bonds. The third-order valence-electron chi connectivity index (χ3n) is 4.80. The number of hydrogen-bond donors (Lipinski definition) is 2. The van der Waals surface area contributed by atoms with E-state index in [-0.39, 0.29) is 47.4 Å². The molecule has 1 fully saturated rings. The standard InChI is InChI=1S/C16H26N4O2.HI/c1-15(2)11-20(16(15,3)4)14(17-5)19-10-13(21)18-9-12-7-6-8-22-12;/h6-8H,9-11H2,1-5H3,(H,17,19)(H,18,21);1H. The second-order valence-electron chi connectivity index (χ2n) is 6.79. The zero-order chi connectivity index (χ0) is 16.4. The van der Waals surface area contributed by atoms with Gasteiger partial charge in [-0.2, -0.15) is 0 Å². The molecule has 0 aliphatic carbocycles. The summed E-state index contributed by atoms with van der Waals surface area (Å²) in [4.78, 5) is 18.4. The first-order valence-electron chi connectivity index (χ1n) is 7.55. The van der Waals surface area contributed by atoms with Gasteiger partial charge in [-0.05, 0) is 26.0 Å². The van der Waals surface area contributed by atoms with Crippen LogP contribution in [0.2, 0.25) is 0 Å². The van der Waals surface area contributed by atoms with Gasteiger partial charge in [0.15, 0.2) is 5.96 Å². The minimum Gasteiger partial charge on any atom is -0.467 e. The van der Waals surface area contributed by atoms with Gasteiger partial charge in [0, 0.05) is 24.5 Å². The van der Waals surface area contributed by atoms with Crippen molar-refractivity contribution in [3.05, 3.63) is 24.2 Å². The molecular formula is C16H27IN4O2. The normalized spacial score (nSPS) is 18.7. The number of furan rings is 1. The molecule has 1 aromatic rings. The van der Waals surface area contributed by atoms with Gasteiger partial charge in [0.1, 0.15) is 5.76 Å². The molecule has 1 aromatic heterocycles. The van der Waals surface area contributed by atoms with Crippen molar-refractivity contribution in [2.75, 3.05) is 20.1 Å². The fourth-order valence-electron chi connectivity index (χ4n) is 2.52. The molecule has 0 radical (unpaired) electrons. The molecule has 2 rings (SSSR count). The smallest absolute Gasteiger partial charge is 0.239 e. The summed E-state index contributed by atoms with van der Waals surface area (Å²) < 4.78 is 5.18. The summed E-state index contributed by atoms with van der Waals surface area (Å²) in [5, 5.41) is 5.94. The summed E-state index contributed by atoms with van der Waals surface area (Å²) in [6.45, 7) is 10.4. The Morgan fingerprint density at radius 3 is 2.52 bits per heavy atom. The van der Waals surface area contributed by atoms with Crippen molar-refractivity contribution < 1.29 is 9.21 Å². The number of carbonyl (C=O) groups excluding carboxylic acids is 1. The largest absolute Gasteiger partial charge is 0.467 e. The van der Waals surface area contributed by atoms with Gasteiger partial charge in [-0.1, -0.05) is 13.8 Å². The Hall–Kier alpha value is -1.25. The number of aliphatic imine (C=N–C) groups is 1. The number of amides is 1. The topological polar surface area (TPSA) is 69.9 Å². The summed E-state index contributed by atoms with van der Waals surface area (Å²) in [7, 11) is 1.74. The van der Waals surface area contributed by atoms with Gasteiger partial charge in [-0.3, -0.25) is 9.79 Å². The van der Waals surface area contributed by atoms with Crippen LogP contribution in [0, 0.1) is 5.41 Å². The van der Waals surface area contributed by atoms with E-state index in [0.717, 1.165) is 18.3 Å². The highest BCUT2D eigenvalue weighted by Gasteiger charge is 2.53. The van der Waals surface area contributed by atoms with Gasteiger partial charge in [-0.15, -0.1) is 24.0 Å². The zero-order valence-electron chi connectivity index (χ0n) is 14.5. The molecule has 130 valence electrons. The molecule has 0 atom stereocenters. The molecule has 0 aromatic carbocycles. The summed E-state index contributed by atoms with van der Waals surface area (Å²) in [6, 6.07) is 3.63. The van der Waals surface area contributed by atoms with Crippen LogP contribution in [0.3, 0.4) is 0 Å². The molecule has 0 unspecified atom stereocenters. The first kappa shape index (κ1) is 19.8. The van der Waals surface area contributed by atoms with E-state index in [4.69, 9.17) is 4.42 Å². The Labute approximate surface area is 155 Å². The highest BCUT2D eigenvalue weighted by atomic mass is 127. The third-order valence-corrected chi connectivity index (χ3v) is 4.80. The van der Waals surface area contributed by atoms with Crippen LogP contribution in [0.5, 0.6) is 0 Å². The average molecular weight is 434 g/mol. The van der Waals surface area contributed by atoms with E-state index in [9.17, 15) is 4.79 Å². The Bertz CT molecular complexity index is 552. The van der Waals surface area contributed by atoms with Crippen LogP contribution in [0.4, 0.5) is 0 Å². The fourth-order valence-corrected chi connectivity index (χ4v) is 2.52. The number of likely N-dealkylation sites (tertiary alicyclic amines) is 1. The van der Waals surface area contributed by atoms with Crippen LogP contribution in [-0.2, 0) is 11.3 Å². The zero-order valence-corrected chi connectivity index (χ0v) is 16.8. The average Bonchev–Trinajstić information content (AvgIpc) is 2.97. The monoisotopic (exact) mass is 434 g/mol. The quantitative estimate of drug-likeness (QED) is 0.433. The van der Waals surface area contributed by atoms with Crippen LogP contribution < -0.4 is 10.6 Å². The number of rotatable bonds is 4. The fraction of sp³-hybridized carbons (Fsp3) is 0.625. The molecule has 1 aliphatic heterocycles. The molecule has 2 N–H and O–H groups in total. The van der Waals surface area contributed by atoms with Crippen molar-refractivity contribution >= 4 is 35.8 Å². The van der Waals surface area contributed by atoms with E-state index < -0.39 is 0 Å². The van der Waals surface area contributed by atoms with Gasteiger partial charge in [0.2, 0.25) is 5.91 Å². The van der Waals surface area contributed by atoms with E-state index in [1.54, 1.807) is 19.4 Å². The van der Waals surface area contributed by atoms with E-state index in [1.807, 2.05) is 6.07 Å². The highest BCUT2D eigenvalue weighted by molar-refractivity contribution is 14.0. The Morgan fingerprint density at radius 2 is 2.04 bits per heavy atom. The van der Waals surface area contributed by atoms with Crippen molar-refractivity contribution in [2.24, 2.45) is 10.4 Å². The SMILES string of the molecule is CN=C(NCC(=O)NCc1ccco1)N1CC(C)(C)C1(C)C.I. The van der Waals surface area contributed by atoms with Crippen molar-refractivity contribution in [3.63, 3.8) is 0 Å². The van der Waals surface area contributed by atoms with E-state index in [1.165, 1.54) is 0 Å². The number of guanidine groups is 1. The first-order chi connectivity index (χ1) is 10.3. The summed E-state index contributed by atoms with van der Waals surface area (Å²) >= 11 is 0. The number of halogens is 1. The molecule has 1 saturated heterocycles. The maximum Gasteiger partial charge on any atom is 0.239 e. The van der Waals surface area contributed by atoms with Crippen molar-refractivity contribution in [1.29, 1.82) is 0 Å². The Balaban J connectivity index is 0.00000264. The molecular weight excluding hydrogens is 407 g/mol. The maximum atomic E-state index is 11.9. The first-order valence-corrected chi connectivity index (χ1v) is 7.55. The molecule has 2 heterocycles. The summed E-state index contributed by atoms with van der Waals surface area (Å²) in [5.74, 6) is 1.41. The van der Waals surface area contributed by atoms with Gasteiger partial charge >= 0.3 is 0 Å². The summed E-state index contributed by atoms with van der Waals surface area (Å²) in [5.41, 5.74) is 0.242. The maximum absolute atomic E-state index is 11.9. The lowest BCUT2D eigenvalue weighted by atomic mass is 9.65. The Morgan fingerprint density at radius 1 is 1.35 bits per heavy atom. The number of hydrogen-bond acceptors (Lipinski definition) is 3. The van der Waals surface area contributed by atoms with Crippen LogP contribution in [0.25, 0.3) is 0 Å². The van der Waals surface area contributed by atoms with Crippen molar-refractivity contribution in [1.82, 2.24) is 15.5 Å². The molecule has 0 saturated carbocycles. The van der Waals surface area contributed by atoms with E-state index in [2.05, 4.69) is 48.2 Å². The van der Waals surface area contributed by atoms with E-state index >= 15 is 0 Å². The predicted molar refractivity (Wildman–Crippen MR) is 102 cm³/mol. The molecule has 1 aliphatic rings. The molecule has 7 heteroatoms. The number of nitrogens with one attached hydrogen (secondary N) is 2. The van der Waals surface area contributed by atoms with Crippen LogP contribution in [-0.4, -0.2) is 42.4 Å². The minimum absolute atomic E-state index is 0. The van der Waals surface area contributed by atoms with Gasteiger partial charge in [0.25, 0.3) is 0 Å². The lowest BCUT2D eigenvalue weighted by molar-refractivity contribution is -0.120. The summed E-state index contributed by atoms with van der Waals surface area (Å²) in [6.07, 6.45) is 1.59. The number of nitrogens with zero attached hydrogens (tertiary/aromatic N) is 2. The lowest BCUT2D eigenvalue weighted by Gasteiger charge is -2.62. The highest BCUT2D eigenvalue weighted by Crippen LogP contribution is 2.46. The molecule has 6 nitrogen and oxygen atoms in total. The van der Waals surface area contributed by atoms with E-state index in [0.29, 0.717) is 6.54 Å². The predicted octanol–water partition coefficient (Wildman–Crippen LogP) is 2.21. The third kappa shape index (κ3) is 4.19. The van der Waals surface area contributed by atoms with Crippen LogP contribution in [0.15, 0.2) is 27.8 Å². The second kappa shape index (κ2) is 7.55. The van der Waals surface area contributed by atoms with Gasteiger partial charge < -0.3 is 20.0 Å². The molecule has 0 spiro atoms. The number of carbonyl (C=O) groups is 1.